The molecule has 0 saturated carbocycles. The molecule has 2 N–H and O–H groups in total. The van der Waals surface area contributed by atoms with E-state index in [0.717, 1.165) is 29.7 Å². The Morgan fingerprint density at radius 1 is 1.26 bits per heavy atom. The molecule has 6 heteroatoms. The van der Waals surface area contributed by atoms with Crippen molar-refractivity contribution in [1.82, 2.24) is 5.43 Å². The van der Waals surface area contributed by atoms with Gasteiger partial charge in [0.05, 0.1) is 19.9 Å². The van der Waals surface area contributed by atoms with Crippen LogP contribution < -0.4 is 14.9 Å². The predicted molar refractivity (Wildman–Crippen MR) is 106 cm³/mol. The number of nitrogens with zero attached hydrogens (tertiary/aromatic N) is 1. The van der Waals surface area contributed by atoms with Crippen molar-refractivity contribution < 1.29 is 19.4 Å². The number of rotatable bonds is 9. The molecule has 0 aliphatic rings. The smallest absolute Gasteiger partial charge is 0.240 e. The zero-order chi connectivity index (χ0) is 19.6. The van der Waals surface area contributed by atoms with Gasteiger partial charge in [0.1, 0.15) is 5.75 Å². The number of carbonyl (C=O) groups excluding carboxylic acids is 1. The highest BCUT2D eigenvalue weighted by atomic mass is 16.5. The van der Waals surface area contributed by atoms with Gasteiger partial charge in [-0.15, -0.1) is 0 Å². The molecule has 0 fully saturated rings. The Labute approximate surface area is 159 Å². The van der Waals surface area contributed by atoms with Gasteiger partial charge < -0.3 is 14.6 Å². The number of phenolic OH excluding ortho intramolecular Hbond substituents is 1. The predicted octanol–water partition coefficient (Wildman–Crippen LogP) is 3.58. The first-order valence-corrected chi connectivity index (χ1v) is 8.94. The minimum Gasteiger partial charge on any atom is -0.504 e. The maximum atomic E-state index is 11.9. The Morgan fingerprint density at radius 2 is 2.07 bits per heavy atom. The number of carbonyl (C=O) groups is 1. The number of ether oxygens (including phenoxy) is 2. The Morgan fingerprint density at radius 3 is 2.78 bits per heavy atom. The fraction of sp³-hybridized carbons (Fsp3) is 0.333. The fourth-order valence-electron chi connectivity index (χ4n) is 2.63. The summed E-state index contributed by atoms with van der Waals surface area (Å²) in [6, 6.07) is 10.9. The van der Waals surface area contributed by atoms with Crippen LogP contribution in [0.1, 0.15) is 36.5 Å². The first kappa shape index (κ1) is 20.3. The summed E-state index contributed by atoms with van der Waals surface area (Å²) < 4.78 is 10.5. The summed E-state index contributed by atoms with van der Waals surface area (Å²) in [5.41, 5.74) is 5.62. The molecule has 6 nitrogen and oxygen atoms in total. The van der Waals surface area contributed by atoms with Crippen LogP contribution in [0.15, 0.2) is 41.5 Å². The molecule has 0 bridgehead atoms. The Hall–Kier alpha value is -3.02. The van der Waals surface area contributed by atoms with E-state index in [1.807, 2.05) is 32.0 Å². The minimum absolute atomic E-state index is 0.0758. The van der Waals surface area contributed by atoms with Gasteiger partial charge in [-0.2, -0.15) is 5.10 Å². The molecule has 0 unspecified atom stereocenters. The highest BCUT2D eigenvalue weighted by molar-refractivity contribution is 5.83. The van der Waals surface area contributed by atoms with Gasteiger partial charge in [-0.25, -0.2) is 5.43 Å². The van der Waals surface area contributed by atoms with Gasteiger partial charge in [0.2, 0.25) is 5.91 Å². The van der Waals surface area contributed by atoms with E-state index in [1.165, 1.54) is 17.8 Å². The fourth-order valence-corrected chi connectivity index (χ4v) is 2.63. The SMILES string of the molecule is CCOc1cc(/C=N\NC(=O)CCCc2ccc(OC)cc2C)ccc1O. The number of methoxy groups -OCH3 is 1. The number of phenols is 1. The summed E-state index contributed by atoms with van der Waals surface area (Å²) in [4.78, 5) is 11.9. The standard InChI is InChI=1S/C21H26N2O4/c1-4-27-20-13-16(8-11-19(20)24)14-22-23-21(25)7-5-6-17-9-10-18(26-3)12-15(17)2/h8-14,24H,4-7H2,1-3H3,(H,23,25)/b22-14-. The van der Waals surface area contributed by atoms with Crippen molar-refractivity contribution in [2.45, 2.75) is 33.1 Å². The highest BCUT2D eigenvalue weighted by Gasteiger charge is 2.05. The second kappa shape index (κ2) is 10.2. The van der Waals surface area contributed by atoms with Crippen molar-refractivity contribution in [3.8, 4) is 17.2 Å². The molecule has 2 aromatic rings. The summed E-state index contributed by atoms with van der Waals surface area (Å²) in [5.74, 6) is 1.17. The lowest BCUT2D eigenvalue weighted by molar-refractivity contribution is -0.121. The van der Waals surface area contributed by atoms with Crippen molar-refractivity contribution in [1.29, 1.82) is 0 Å². The van der Waals surface area contributed by atoms with Crippen LogP contribution in [0.3, 0.4) is 0 Å². The molecule has 0 aromatic heterocycles. The molecule has 0 saturated heterocycles. The van der Waals surface area contributed by atoms with E-state index in [0.29, 0.717) is 18.8 Å². The number of aromatic hydroxyl groups is 1. The molecule has 144 valence electrons. The van der Waals surface area contributed by atoms with Gasteiger partial charge in [0.15, 0.2) is 11.5 Å². The van der Waals surface area contributed by atoms with Crippen LogP contribution in [-0.4, -0.2) is 30.9 Å². The maximum absolute atomic E-state index is 11.9. The van der Waals surface area contributed by atoms with Gasteiger partial charge in [-0.1, -0.05) is 6.07 Å². The van der Waals surface area contributed by atoms with E-state index in [-0.39, 0.29) is 11.7 Å². The molecule has 0 atom stereocenters. The van der Waals surface area contributed by atoms with Crippen molar-refractivity contribution in [3.05, 3.63) is 53.1 Å². The van der Waals surface area contributed by atoms with E-state index in [2.05, 4.69) is 10.5 Å². The lowest BCUT2D eigenvalue weighted by Gasteiger charge is -2.08. The number of hydrogen-bond donors (Lipinski definition) is 2. The first-order chi connectivity index (χ1) is 13.0. The summed E-state index contributed by atoms with van der Waals surface area (Å²) in [6.07, 6.45) is 3.47. The summed E-state index contributed by atoms with van der Waals surface area (Å²) in [6.45, 7) is 4.34. The average Bonchev–Trinajstić information content (AvgIpc) is 2.65. The largest absolute Gasteiger partial charge is 0.504 e. The minimum atomic E-state index is -0.138. The Kier molecular flexibility index (Phi) is 7.67. The molecule has 0 spiro atoms. The molecule has 0 aliphatic heterocycles. The quantitative estimate of drug-likeness (QED) is 0.522. The van der Waals surface area contributed by atoms with Crippen molar-refractivity contribution in [2.24, 2.45) is 5.10 Å². The Bertz CT molecular complexity index is 803. The molecule has 1 amide bonds. The zero-order valence-electron chi connectivity index (χ0n) is 16.0. The highest BCUT2D eigenvalue weighted by Crippen LogP contribution is 2.26. The van der Waals surface area contributed by atoms with E-state index in [4.69, 9.17) is 9.47 Å². The third-order valence-corrected chi connectivity index (χ3v) is 4.09. The van der Waals surface area contributed by atoms with Crippen LogP contribution in [0.4, 0.5) is 0 Å². The lowest BCUT2D eigenvalue weighted by Crippen LogP contribution is -2.17. The van der Waals surface area contributed by atoms with Gasteiger partial charge >= 0.3 is 0 Å². The van der Waals surface area contributed by atoms with E-state index >= 15 is 0 Å². The van der Waals surface area contributed by atoms with Crippen LogP contribution in [-0.2, 0) is 11.2 Å². The molecule has 0 aliphatic carbocycles. The topological polar surface area (TPSA) is 80.2 Å². The van der Waals surface area contributed by atoms with Gasteiger partial charge in [0, 0.05) is 6.42 Å². The molecule has 0 heterocycles. The van der Waals surface area contributed by atoms with Crippen LogP contribution >= 0.6 is 0 Å². The first-order valence-electron chi connectivity index (χ1n) is 8.94. The molecule has 2 aromatic carbocycles. The Balaban J connectivity index is 1.79. The molecule has 0 radical (unpaired) electrons. The molecule has 27 heavy (non-hydrogen) atoms. The summed E-state index contributed by atoms with van der Waals surface area (Å²) in [7, 11) is 1.65. The number of nitrogens with one attached hydrogen (secondary N) is 1. The number of benzene rings is 2. The third kappa shape index (κ3) is 6.33. The average molecular weight is 370 g/mol. The molecular weight excluding hydrogens is 344 g/mol. The van der Waals surface area contributed by atoms with Crippen LogP contribution in [0.5, 0.6) is 17.2 Å². The van der Waals surface area contributed by atoms with Gasteiger partial charge in [0.25, 0.3) is 0 Å². The van der Waals surface area contributed by atoms with Crippen molar-refractivity contribution >= 4 is 12.1 Å². The third-order valence-electron chi connectivity index (χ3n) is 4.09. The summed E-state index contributed by atoms with van der Waals surface area (Å²) in [5, 5.41) is 13.6. The van der Waals surface area contributed by atoms with Crippen LogP contribution in [0, 0.1) is 6.92 Å². The molecule has 2 rings (SSSR count). The monoisotopic (exact) mass is 370 g/mol. The van der Waals surface area contributed by atoms with E-state index in [9.17, 15) is 9.90 Å². The van der Waals surface area contributed by atoms with Crippen molar-refractivity contribution in [2.75, 3.05) is 13.7 Å². The van der Waals surface area contributed by atoms with E-state index < -0.39 is 0 Å². The number of hydrogen-bond acceptors (Lipinski definition) is 5. The normalized spacial score (nSPS) is 10.8. The van der Waals surface area contributed by atoms with Gasteiger partial charge in [-0.05, 0) is 73.7 Å². The molecular formula is C21H26N2O4. The number of amides is 1. The van der Waals surface area contributed by atoms with Crippen LogP contribution in [0.25, 0.3) is 0 Å². The number of hydrazone groups is 1. The zero-order valence-corrected chi connectivity index (χ0v) is 16.0. The number of aryl methyl sites for hydroxylation is 2. The van der Waals surface area contributed by atoms with Crippen LogP contribution in [0.2, 0.25) is 0 Å². The lowest BCUT2D eigenvalue weighted by atomic mass is 10.0. The maximum Gasteiger partial charge on any atom is 0.240 e. The van der Waals surface area contributed by atoms with E-state index in [1.54, 1.807) is 19.2 Å². The summed E-state index contributed by atoms with van der Waals surface area (Å²) >= 11 is 0. The second-order valence-corrected chi connectivity index (χ2v) is 6.10. The van der Waals surface area contributed by atoms with Crippen molar-refractivity contribution in [3.63, 3.8) is 0 Å². The second-order valence-electron chi connectivity index (χ2n) is 6.10. The van der Waals surface area contributed by atoms with Gasteiger partial charge in [-0.3, -0.25) is 4.79 Å².